The molecule has 1 amide bonds. The molecule has 2 aromatic heterocycles. The van der Waals surface area contributed by atoms with Crippen LogP contribution in [0, 0.1) is 0 Å². The van der Waals surface area contributed by atoms with Crippen LogP contribution in [0.1, 0.15) is 24.2 Å². The van der Waals surface area contributed by atoms with Gasteiger partial charge in [0.15, 0.2) is 0 Å². The van der Waals surface area contributed by atoms with Crippen LogP contribution < -0.4 is 10.9 Å². The van der Waals surface area contributed by atoms with Crippen LogP contribution in [0.25, 0.3) is 21.8 Å². The molecule has 0 radical (unpaired) electrons. The van der Waals surface area contributed by atoms with Crippen molar-refractivity contribution in [3.05, 3.63) is 76.5 Å². The number of para-hydroxylation sites is 2. The molecule has 2 aromatic carbocycles. The molecule has 0 aliphatic carbocycles. The van der Waals surface area contributed by atoms with E-state index in [1.165, 1.54) is 10.9 Å². The first-order valence-corrected chi connectivity index (χ1v) is 9.50. The Kier molecular flexibility index (Phi) is 5.19. The molecule has 6 heteroatoms. The van der Waals surface area contributed by atoms with Crippen LogP contribution in [0.5, 0.6) is 0 Å². The Morgan fingerprint density at radius 2 is 1.79 bits per heavy atom. The monoisotopic (exact) mass is 374 g/mol. The summed E-state index contributed by atoms with van der Waals surface area (Å²) in [5, 5.41) is 4.75. The Bertz CT molecular complexity index is 1180. The summed E-state index contributed by atoms with van der Waals surface area (Å²) in [5.41, 5.74) is 2.86. The molecular weight excluding hydrogens is 352 g/mol. The van der Waals surface area contributed by atoms with Crippen LogP contribution in [0.2, 0.25) is 0 Å². The van der Waals surface area contributed by atoms with E-state index in [9.17, 15) is 9.59 Å². The number of aromatic amines is 2. The van der Waals surface area contributed by atoms with E-state index in [0.29, 0.717) is 42.5 Å². The van der Waals surface area contributed by atoms with Crippen LogP contribution in [0.15, 0.2) is 59.5 Å². The predicted molar refractivity (Wildman–Crippen MR) is 110 cm³/mol. The lowest BCUT2D eigenvalue weighted by molar-refractivity contribution is -0.121. The minimum Gasteiger partial charge on any atom is -0.361 e. The maximum absolute atomic E-state index is 12.1. The fourth-order valence-corrected chi connectivity index (χ4v) is 3.43. The number of benzene rings is 2. The van der Waals surface area contributed by atoms with Gasteiger partial charge in [0, 0.05) is 36.5 Å². The van der Waals surface area contributed by atoms with Crippen molar-refractivity contribution in [1.82, 2.24) is 20.3 Å². The standard InChI is InChI=1S/C22H22N4O2/c27-21(23-13-12-15-14-24-18-8-3-1-6-16(15)18)11-5-10-20-25-19-9-4-2-7-17(19)22(28)26-20/h1-4,6-9,14,24H,5,10-13H2,(H,23,27)(H,25,26,28). The number of carbonyl (C=O) groups is 1. The Labute approximate surface area is 162 Å². The molecule has 3 N–H and O–H groups in total. The van der Waals surface area contributed by atoms with Gasteiger partial charge in [0.2, 0.25) is 5.91 Å². The van der Waals surface area contributed by atoms with E-state index in [-0.39, 0.29) is 11.5 Å². The summed E-state index contributed by atoms with van der Waals surface area (Å²) in [4.78, 5) is 34.7. The highest BCUT2D eigenvalue weighted by Gasteiger charge is 2.07. The second-order valence-electron chi connectivity index (χ2n) is 6.84. The molecule has 0 unspecified atom stereocenters. The molecule has 0 bridgehead atoms. The van der Waals surface area contributed by atoms with Crippen molar-refractivity contribution in [3.63, 3.8) is 0 Å². The molecule has 0 aliphatic heterocycles. The van der Waals surface area contributed by atoms with Crippen molar-refractivity contribution >= 4 is 27.7 Å². The van der Waals surface area contributed by atoms with E-state index < -0.39 is 0 Å². The van der Waals surface area contributed by atoms with Crippen LogP contribution in [0.4, 0.5) is 0 Å². The number of H-pyrrole nitrogens is 2. The van der Waals surface area contributed by atoms with Gasteiger partial charge < -0.3 is 15.3 Å². The zero-order valence-corrected chi connectivity index (χ0v) is 15.5. The number of amides is 1. The fraction of sp³-hybridized carbons (Fsp3) is 0.227. The molecule has 0 spiro atoms. The number of rotatable bonds is 7. The average Bonchev–Trinajstić information content (AvgIpc) is 3.11. The number of carbonyl (C=O) groups excluding carboxylic acids is 1. The van der Waals surface area contributed by atoms with Gasteiger partial charge in [-0.2, -0.15) is 0 Å². The van der Waals surface area contributed by atoms with Crippen molar-refractivity contribution in [2.24, 2.45) is 0 Å². The molecule has 0 fully saturated rings. The van der Waals surface area contributed by atoms with Crippen molar-refractivity contribution in [2.45, 2.75) is 25.7 Å². The predicted octanol–water partition coefficient (Wildman–Crippen LogP) is 3.09. The largest absolute Gasteiger partial charge is 0.361 e. The van der Waals surface area contributed by atoms with Gasteiger partial charge in [0.25, 0.3) is 5.56 Å². The summed E-state index contributed by atoms with van der Waals surface area (Å²) in [5.74, 6) is 0.637. The molecule has 4 rings (SSSR count). The van der Waals surface area contributed by atoms with Gasteiger partial charge >= 0.3 is 0 Å². The molecule has 6 nitrogen and oxygen atoms in total. The highest BCUT2D eigenvalue weighted by Crippen LogP contribution is 2.17. The van der Waals surface area contributed by atoms with Crippen molar-refractivity contribution in [2.75, 3.05) is 6.54 Å². The summed E-state index contributed by atoms with van der Waals surface area (Å²) >= 11 is 0. The second kappa shape index (κ2) is 8.08. The molecule has 0 saturated carbocycles. The molecular formula is C22H22N4O2. The lowest BCUT2D eigenvalue weighted by Crippen LogP contribution is -2.25. The van der Waals surface area contributed by atoms with Gasteiger partial charge in [-0.15, -0.1) is 0 Å². The number of aromatic nitrogens is 3. The summed E-state index contributed by atoms with van der Waals surface area (Å²) in [6.45, 7) is 0.603. The van der Waals surface area contributed by atoms with Gasteiger partial charge in [-0.25, -0.2) is 4.98 Å². The van der Waals surface area contributed by atoms with Gasteiger partial charge in [-0.3, -0.25) is 9.59 Å². The van der Waals surface area contributed by atoms with E-state index >= 15 is 0 Å². The van der Waals surface area contributed by atoms with E-state index in [4.69, 9.17) is 0 Å². The number of fused-ring (bicyclic) bond motifs is 2. The Morgan fingerprint density at radius 1 is 1.00 bits per heavy atom. The summed E-state index contributed by atoms with van der Waals surface area (Å²) in [7, 11) is 0. The minimum atomic E-state index is -0.135. The van der Waals surface area contributed by atoms with Gasteiger partial charge in [-0.1, -0.05) is 30.3 Å². The van der Waals surface area contributed by atoms with Gasteiger partial charge in [-0.05, 0) is 36.6 Å². The topological polar surface area (TPSA) is 90.6 Å². The summed E-state index contributed by atoms with van der Waals surface area (Å²) < 4.78 is 0. The summed E-state index contributed by atoms with van der Waals surface area (Å²) in [6.07, 6.45) is 4.40. The minimum absolute atomic E-state index is 0.0166. The van der Waals surface area contributed by atoms with E-state index in [1.807, 2.05) is 42.6 Å². The quantitative estimate of drug-likeness (QED) is 0.464. The SMILES string of the molecule is O=C(CCCc1nc2ccccc2c(=O)[nH]1)NCCc1c[nH]c2ccccc12. The third-order valence-electron chi connectivity index (χ3n) is 4.87. The van der Waals surface area contributed by atoms with Gasteiger partial charge in [0.05, 0.1) is 10.9 Å². The number of hydrogen-bond donors (Lipinski definition) is 3. The fourth-order valence-electron chi connectivity index (χ4n) is 3.43. The molecule has 0 saturated heterocycles. The normalized spacial score (nSPS) is 11.1. The lowest BCUT2D eigenvalue weighted by Gasteiger charge is -2.05. The molecule has 142 valence electrons. The number of aryl methyl sites for hydroxylation is 1. The first-order valence-electron chi connectivity index (χ1n) is 9.50. The molecule has 28 heavy (non-hydrogen) atoms. The molecule has 0 atom stereocenters. The maximum Gasteiger partial charge on any atom is 0.258 e. The van der Waals surface area contributed by atoms with E-state index in [1.54, 1.807) is 6.07 Å². The van der Waals surface area contributed by atoms with Crippen molar-refractivity contribution in [1.29, 1.82) is 0 Å². The number of hydrogen-bond acceptors (Lipinski definition) is 3. The Morgan fingerprint density at radius 3 is 2.68 bits per heavy atom. The third-order valence-corrected chi connectivity index (χ3v) is 4.87. The average molecular weight is 374 g/mol. The van der Waals surface area contributed by atoms with Crippen LogP contribution in [-0.4, -0.2) is 27.4 Å². The first-order chi connectivity index (χ1) is 13.7. The van der Waals surface area contributed by atoms with Crippen molar-refractivity contribution < 1.29 is 4.79 Å². The second-order valence-corrected chi connectivity index (χ2v) is 6.84. The summed E-state index contributed by atoms with van der Waals surface area (Å²) in [6, 6.07) is 15.4. The van der Waals surface area contributed by atoms with E-state index in [0.717, 1.165) is 11.9 Å². The third kappa shape index (κ3) is 3.96. The maximum atomic E-state index is 12.1. The van der Waals surface area contributed by atoms with Crippen molar-refractivity contribution in [3.8, 4) is 0 Å². The Hall–Kier alpha value is -3.41. The number of nitrogens with one attached hydrogen (secondary N) is 3. The van der Waals surface area contributed by atoms with Crippen LogP contribution in [0.3, 0.4) is 0 Å². The molecule has 2 heterocycles. The van der Waals surface area contributed by atoms with Crippen LogP contribution in [-0.2, 0) is 17.6 Å². The Balaban J connectivity index is 1.25. The zero-order valence-electron chi connectivity index (χ0n) is 15.5. The zero-order chi connectivity index (χ0) is 19.3. The smallest absolute Gasteiger partial charge is 0.258 e. The van der Waals surface area contributed by atoms with Crippen LogP contribution >= 0.6 is 0 Å². The molecule has 4 aromatic rings. The number of nitrogens with zero attached hydrogens (tertiary/aromatic N) is 1. The highest BCUT2D eigenvalue weighted by atomic mass is 16.1. The van der Waals surface area contributed by atoms with E-state index in [2.05, 4.69) is 26.3 Å². The molecule has 0 aliphatic rings. The first kappa shape index (κ1) is 18.0. The van der Waals surface area contributed by atoms with Gasteiger partial charge in [0.1, 0.15) is 5.82 Å². The highest BCUT2D eigenvalue weighted by molar-refractivity contribution is 5.83. The lowest BCUT2D eigenvalue weighted by atomic mass is 10.1.